The maximum absolute atomic E-state index is 12.2. The van der Waals surface area contributed by atoms with Crippen molar-refractivity contribution in [2.75, 3.05) is 5.32 Å². The predicted molar refractivity (Wildman–Crippen MR) is 103 cm³/mol. The number of nitrogens with one attached hydrogen (secondary N) is 3. The highest BCUT2D eigenvalue weighted by Gasteiger charge is 2.08. The van der Waals surface area contributed by atoms with Gasteiger partial charge in [-0.05, 0) is 17.0 Å². The molecule has 0 saturated heterocycles. The molecule has 0 spiro atoms. The third kappa shape index (κ3) is 4.29. The van der Waals surface area contributed by atoms with Crippen molar-refractivity contribution >= 4 is 11.7 Å². The van der Waals surface area contributed by atoms with Crippen LogP contribution in [0.2, 0.25) is 0 Å². The Bertz CT molecular complexity index is 923. The summed E-state index contributed by atoms with van der Waals surface area (Å²) >= 11 is 0. The van der Waals surface area contributed by atoms with Crippen molar-refractivity contribution in [3.63, 3.8) is 0 Å². The van der Waals surface area contributed by atoms with E-state index >= 15 is 0 Å². The van der Waals surface area contributed by atoms with Crippen LogP contribution in [0, 0.1) is 0 Å². The molecule has 2 heterocycles. The maximum Gasteiger partial charge on any atom is 0.274 e. The summed E-state index contributed by atoms with van der Waals surface area (Å²) in [7, 11) is 0. The molecule has 2 aromatic heterocycles. The predicted octanol–water partition coefficient (Wildman–Crippen LogP) is 2.65. The molecule has 3 rings (SSSR count). The number of benzene rings is 1. The first-order chi connectivity index (χ1) is 12.4. The van der Waals surface area contributed by atoms with Crippen LogP contribution < -0.4 is 16.2 Å². The van der Waals surface area contributed by atoms with Crippen LogP contribution in [0.15, 0.2) is 35.1 Å². The zero-order valence-corrected chi connectivity index (χ0v) is 15.7. The number of aromatic amines is 1. The Morgan fingerprint density at radius 2 is 1.81 bits per heavy atom. The minimum absolute atomic E-state index is 0.169. The van der Waals surface area contributed by atoms with Crippen molar-refractivity contribution in [1.82, 2.24) is 24.9 Å². The van der Waals surface area contributed by atoms with Gasteiger partial charge in [0.1, 0.15) is 0 Å². The molecule has 0 aliphatic rings. The zero-order valence-electron chi connectivity index (χ0n) is 15.7. The van der Waals surface area contributed by atoms with E-state index in [1.807, 2.05) is 0 Å². The zero-order chi connectivity index (χ0) is 18.7. The van der Waals surface area contributed by atoms with Crippen molar-refractivity contribution in [3.8, 4) is 0 Å². The number of nitrogens with zero attached hydrogens (tertiary/aromatic N) is 3. The molecule has 138 valence electrons. The van der Waals surface area contributed by atoms with E-state index in [0.717, 1.165) is 5.56 Å². The number of H-pyrrole nitrogens is 1. The Morgan fingerprint density at radius 1 is 1.08 bits per heavy atom. The van der Waals surface area contributed by atoms with Gasteiger partial charge in [-0.2, -0.15) is 9.50 Å². The summed E-state index contributed by atoms with van der Waals surface area (Å²) in [5, 5.41) is 9.42. The molecule has 0 saturated carbocycles. The number of aromatic nitrogens is 4. The molecule has 0 fully saturated rings. The molecule has 0 radical (unpaired) electrons. The lowest BCUT2D eigenvalue weighted by Gasteiger charge is -2.07. The number of fused-ring (bicyclic) bond motifs is 1. The Kier molecular flexibility index (Phi) is 5.37. The molecule has 7 heteroatoms. The van der Waals surface area contributed by atoms with Crippen LogP contribution in [0.5, 0.6) is 0 Å². The molecule has 0 unspecified atom stereocenters. The van der Waals surface area contributed by atoms with E-state index in [0.29, 0.717) is 42.5 Å². The Hall–Kier alpha value is -2.67. The van der Waals surface area contributed by atoms with Gasteiger partial charge in [-0.3, -0.25) is 9.89 Å². The average molecular weight is 354 g/mol. The molecule has 3 aromatic rings. The van der Waals surface area contributed by atoms with Crippen LogP contribution >= 0.6 is 0 Å². The lowest BCUT2D eigenvalue weighted by atomic mass is 10.0. The second-order valence-corrected chi connectivity index (χ2v) is 7.08. The van der Waals surface area contributed by atoms with E-state index in [2.05, 4.69) is 77.7 Å². The minimum Gasteiger partial charge on any atom is -0.351 e. The van der Waals surface area contributed by atoms with E-state index in [1.54, 1.807) is 0 Å². The molecule has 1 aromatic carbocycles. The van der Waals surface area contributed by atoms with Gasteiger partial charge in [0.25, 0.3) is 11.3 Å². The van der Waals surface area contributed by atoms with E-state index in [4.69, 9.17) is 0 Å². The van der Waals surface area contributed by atoms with Crippen LogP contribution in [-0.4, -0.2) is 25.6 Å². The molecule has 3 N–H and O–H groups in total. The van der Waals surface area contributed by atoms with Gasteiger partial charge in [-0.25, -0.2) is 4.98 Å². The van der Waals surface area contributed by atoms with Crippen molar-refractivity contribution in [2.24, 2.45) is 0 Å². The minimum atomic E-state index is -0.169. The van der Waals surface area contributed by atoms with Gasteiger partial charge < -0.3 is 10.6 Å². The van der Waals surface area contributed by atoms with E-state index in [1.165, 1.54) is 16.1 Å². The van der Waals surface area contributed by atoms with Crippen LogP contribution in [0.25, 0.3) is 5.78 Å². The molecule has 0 bridgehead atoms. The van der Waals surface area contributed by atoms with Crippen molar-refractivity contribution in [1.29, 1.82) is 0 Å². The van der Waals surface area contributed by atoms with Gasteiger partial charge in [0.05, 0.1) is 5.69 Å². The molecule has 0 atom stereocenters. The fourth-order valence-corrected chi connectivity index (χ4v) is 2.61. The van der Waals surface area contributed by atoms with Gasteiger partial charge in [-0.15, -0.1) is 0 Å². The van der Waals surface area contributed by atoms with Gasteiger partial charge in [0.15, 0.2) is 0 Å². The highest BCUT2D eigenvalue weighted by Crippen LogP contribution is 2.15. The Morgan fingerprint density at radius 3 is 2.46 bits per heavy atom. The van der Waals surface area contributed by atoms with Crippen molar-refractivity contribution < 1.29 is 0 Å². The lowest BCUT2D eigenvalue weighted by Crippen LogP contribution is -2.24. The maximum atomic E-state index is 12.2. The second kappa shape index (κ2) is 7.70. The first kappa shape index (κ1) is 18.1. The molecular weight excluding hydrogens is 328 g/mol. The highest BCUT2D eigenvalue weighted by molar-refractivity contribution is 5.38. The summed E-state index contributed by atoms with van der Waals surface area (Å²) < 4.78 is 1.35. The average Bonchev–Trinajstić information content (AvgIpc) is 3.02. The van der Waals surface area contributed by atoms with Gasteiger partial charge in [0, 0.05) is 25.2 Å². The quantitative estimate of drug-likeness (QED) is 0.607. The summed E-state index contributed by atoms with van der Waals surface area (Å²) in [5.41, 5.74) is 2.98. The SMILES string of the molecule is CC(C)NCc1cc(=O)n2[nH]c(NCc3ccc(C(C)C)cc3)nc2n1. The number of hydrogen-bond acceptors (Lipinski definition) is 5. The van der Waals surface area contributed by atoms with E-state index in [-0.39, 0.29) is 5.56 Å². The van der Waals surface area contributed by atoms with Crippen molar-refractivity contribution in [3.05, 3.63) is 57.5 Å². The van der Waals surface area contributed by atoms with Crippen LogP contribution in [-0.2, 0) is 13.1 Å². The molecule has 7 nitrogen and oxygen atoms in total. The third-order valence-corrected chi connectivity index (χ3v) is 4.18. The van der Waals surface area contributed by atoms with Gasteiger partial charge in [0.2, 0.25) is 5.95 Å². The number of rotatable bonds is 7. The van der Waals surface area contributed by atoms with Crippen molar-refractivity contribution in [2.45, 2.75) is 52.7 Å². The van der Waals surface area contributed by atoms with Gasteiger partial charge in [-0.1, -0.05) is 52.0 Å². The van der Waals surface area contributed by atoms with E-state index in [9.17, 15) is 4.79 Å². The highest BCUT2D eigenvalue weighted by atomic mass is 16.1. The summed E-state index contributed by atoms with van der Waals surface area (Å²) in [6.07, 6.45) is 0. The Labute approximate surface area is 152 Å². The smallest absolute Gasteiger partial charge is 0.274 e. The van der Waals surface area contributed by atoms with Crippen LogP contribution in [0.3, 0.4) is 0 Å². The van der Waals surface area contributed by atoms with Crippen LogP contribution in [0.1, 0.15) is 50.4 Å². The lowest BCUT2D eigenvalue weighted by molar-refractivity contribution is 0.580. The molecule has 0 aliphatic heterocycles. The summed E-state index contributed by atoms with van der Waals surface area (Å²) in [6, 6.07) is 10.3. The molecule has 0 aliphatic carbocycles. The van der Waals surface area contributed by atoms with Gasteiger partial charge >= 0.3 is 0 Å². The fourth-order valence-electron chi connectivity index (χ4n) is 2.61. The van der Waals surface area contributed by atoms with E-state index < -0.39 is 0 Å². The fraction of sp³-hybridized carbons (Fsp3) is 0.421. The standard InChI is InChI=1S/C19H26N6O/c1-12(2)15-7-5-14(6-8-15)10-21-18-23-19-22-16(11-20-13(3)4)9-17(26)25(19)24-18/h5-9,12-13,20H,10-11H2,1-4H3,(H2,21,22,23,24). The molecule has 26 heavy (non-hydrogen) atoms. The topological polar surface area (TPSA) is 87.1 Å². The summed E-state index contributed by atoms with van der Waals surface area (Å²) in [5.74, 6) is 1.41. The summed E-state index contributed by atoms with van der Waals surface area (Å²) in [4.78, 5) is 21.0. The summed E-state index contributed by atoms with van der Waals surface area (Å²) in [6.45, 7) is 9.62. The third-order valence-electron chi connectivity index (χ3n) is 4.18. The molecule has 0 amide bonds. The normalized spacial score (nSPS) is 11.6. The Balaban J connectivity index is 1.72. The second-order valence-electron chi connectivity index (χ2n) is 7.08. The number of hydrogen-bond donors (Lipinski definition) is 3. The number of anilines is 1. The first-order valence-corrected chi connectivity index (χ1v) is 8.97. The molecular formula is C19H26N6O. The largest absolute Gasteiger partial charge is 0.351 e. The first-order valence-electron chi connectivity index (χ1n) is 8.97. The monoisotopic (exact) mass is 354 g/mol. The van der Waals surface area contributed by atoms with Crippen LogP contribution in [0.4, 0.5) is 5.95 Å².